The fourth-order valence-electron chi connectivity index (χ4n) is 3.83. The van der Waals surface area contributed by atoms with Gasteiger partial charge in [0.1, 0.15) is 12.2 Å². The first-order chi connectivity index (χ1) is 17.4. The number of benzene rings is 1. The van der Waals surface area contributed by atoms with Crippen molar-refractivity contribution in [1.82, 2.24) is 19.7 Å². The van der Waals surface area contributed by atoms with E-state index in [4.69, 9.17) is 0 Å². The number of carbonyl (C=O) groups is 3. The summed E-state index contributed by atoms with van der Waals surface area (Å²) in [5.74, 6) is -2.32. The molecule has 0 bridgehead atoms. The molecule has 2 aliphatic carbocycles. The summed E-state index contributed by atoms with van der Waals surface area (Å²) in [4.78, 5) is 46.9. The van der Waals surface area contributed by atoms with Gasteiger partial charge >= 0.3 is 0 Å². The van der Waals surface area contributed by atoms with E-state index in [1.807, 2.05) is 0 Å². The molecule has 2 heterocycles. The minimum Gasteiger partial charge on any atom is -0.353 e. The maximum Gasteiger partial charge on any atom is 0.258 e. The Morgan fingerprint density at radius 1 is 1.08 bits per heavy atom. The van der Waals surface area contributed by atoms with Gasteiger partial charge in [0.05, 0.1) is 5.92 Å². The molecule has 3 N–H and O–H groups in total. The summed E-state index contributed by atoms with van der Waals surface area (Å²) in [6.07, 6.45) is 6.40. The van der Waals surface area contributed by atoms with E-state index in [2.05, 4.69) is 30.3 Å². The summed E-state index contributed by atoms with van der Waals surface area (Å²) in [5.41, 5.74) is 1.56. The van der Waals surface area contributed by atoms with E-state index in [0.717, 1.165) is 24.4 Å². The van der Waals surface area contributed by atoms with E-state index < -0.39 is 23.6 Å². The predicted octanol–water partition coefficient (Wildman–Crippen LogP) is 4.42. The molecule has 1 aromatic carbocycles. The number of thiazole rings is 1. The second kappa shape index (κ2) is 10.1. The standard InChI is InChI=1S/C24H21FN6O3S2/c1-12-17(9-14(10-19(12)25)21(33)29-15-3-4-15)16-5-2-13(20(32)30-24-27-11-28-36-24)8-18(16)22(34)31-23-26-6-7-35-23/h2,5-9,11,14-15H,3-4,10H2,1H3,(H,29,33)(H,26,31,34)(H,27,28,30,32). The first-order valence-corrected chi connectivity index (χ1v) is 12.9. The minimum absolute atomic E-state index is 0.0309. The highest BCUT2D eigenvalue weighted by atomic mass is 32.1. The average Bonchev–Trinajstić information content (AvgIpc) is 3.28. The smallest absolute Gasteiger partial charge is 0.258 e. The van der Waals surface area contributed by atoms with Gasteiger partial charge in [-0.25, -0.2) is 14.4 Å². The number of nitrogens with zero attached hydrogens (tertiary/aromatic N) is 3. The Bertz CT molecular complexity index is 1380. The summed E-state index contributed by atoms with van der Waals surface area (Å²) in [5, 5.41) is 10.7. The normalized spacial score (nSPS) is 17.4. The van der Waals surface area contributed by atoms with E-state index in [0.29, 0.717) is 27.0 Å². The Balaban J connectivity index is 1.52. The first kappa shape index (κ1) is 23.9. The van der Waals surface area contributed by atoms with Crippen molar-refractivity contribution in [2.75, 3.05) is 10.6 Å². The molecule has 1 unspecified atom stereocenters. The molecule has 9 nitrogen and oxygen atoms in total. The van der Waals surface area contributed by atoms with Crippen molar-refractivity contribution in [3.8, 4) is 0 Å². The van der Waals surface area contributed by atoms with Crippen LogP contribution in [0, 0.1) is 5.92 Å². The van der Waals surface area contributed by atoms with Crippen molar-refractivity contribution < 1.29 is 18.8 Å². The number of hydrogen-bond donors (Lipinski definition) is 3. The third-order valence-corrected chi connectivity index (χ3v) is 7.16. The lowest BCUT2D eigenvalue weighted by Gasteiger charge is -2.23. The van der Waals surface area contributed by atoms with Gasteiger partial charge in [0, 0.05) is 46.7 Å². The van der Waals surface area contributed by atoms with Crippen molar-refractivity contribution in [3.05, 3.63) is 70.3 Å². The molecular weight excluding hydrogens is 503 g/mol. The van der Waals surface area contributed by atoms with Crippen LogP contribution in [0.1, 0.15) is 52.5 Å². The second-order valence-corrected chi connectivity index (χ2v) is 10.1. The number of halogens is 1. The van der Waals surface area contributed by atoms with E-state index in [1.165, 1.54) is 23.7 Å². The van der Waals surface area contributed by atoms with Crippen molar-refractivity contribution in [3.63, 3.8) is 0 Å². The highest BCUT2D eigenvalue weighted by Gasteiger charge is 2.31. The monoisotopic (exact) mass is 524 g/mol. The maximum atomic E-state index is 15.0. The Kier molecular flexibility index (Phi) is 6.70. The van der Waals surface area contributed by atoms with Gasteiger partial charge in [0.2, 0.25) is 11.0 Å². The number of hydrogen-bond acceptors (Lipinski definition) is 8. The van der Waals surface area contributed by atoms with Crippen LogP contribution in [0.5, 0.6) is 0 Å². The SMILES string of the molecule is CC1=C(F)CC(C(=O)NC2CC2)C=C1c1ccc(C(=O)Nc2ncns2)cc1C(=O)Nc1nccs1. The Morgan fingerprint density at radius 3 is 2.58 bits per heavy atom. The van der Waals surface area contributed by atoms with Crippen LogP contribution in [0.2, 0.25) is 0 Å². The van der Waals surface area contributed by atoms with Crippen LogP contribution in [0.3, 0.4) is 0 Å². The van der Waals surface area contributed by atoms with E-state index >= 15 is 4.39 Å². The topological polar surface area (TPSA) is 126 Å². The number of amides is 3. The number of nitrogens with one attached hydrogen (secondary N) is 3. The zero-order valence-electron chi connectivity index (χ0n) is 19.1. The Morgan fingerprint density at radius 2 is 1.89 bits per heavy atom. The van der Waals surface area contributed by atoms with Crippen LogP contribution in [-0.4, -0.2) is 38.1 Å². The summed E-state index contributed by atoms with van der Waals surface area (Å²) in [6.45, 7) is 1.62. The first-order valence-electron chi connectivity index (χ1n) is 11.2. The van der Waals surface area contributed by atoms with Crippen LogP contribution in [0.4, 0.5) is 14.7 Å². The van der Waals surface area contributed by atoms with E-state index in [-0.39, 0.29) is 29.5 Å². The molecule has 1 atom stereocenters. The molecule has 36 heavy (non-hydrogen) atoms. The van der Waals surface area contributed by atoms with Crippen molar-refractivity contribution in [1.29, 1.82) is 0 Å². The van der Waals surface area contributed by atoms with Gasteiger partial charge in [-0.1, -0.05) is 12.1 Å². The predicted molar refractivity (Wildman–Crippen MR) is 135 cm³/mol. The van der Waals surface area contributed by atoms with Gasteiger partial charge in [-0.15, -0.1) is 11.3 Å². The van der Waals surface area contributed by atoms with Gasteiger partial charge in [-0.05, 0) is 48.6 Å². The number of aromatic nitrogens is 3. The lowest BCUT2D eigenvalue weighted by atomic mass is 9.84. The molecule has 5 rings (SSSR count). The highest BCUT2D eigenvalue weighted by molar-refractivity contribution is 7.13. The molecule has 1 fully saturated rings. The van der Waals surface area contributed by atoms with Gasteiger partial charge in [-0.2, -0.15) is 4.37 Å². The van der Waals surface area contributed by atoms with Crippen LogP contribution < -0.4 is 16.0 Å². The molecule has 1 saturated carbocycles. The highest BCUT2D eigenvalue weighted by Crippen LogP contribution is 2.38. The third-order valence-electron chi connectivity index (χ3n) is 5.89. The van der Waals surface area contributed by atoms with Crippen LogP contribution in [0.15, 0.2) is 53.6 Å². The van der Waals surface area contributed by atoms with Gasteiger partial charge in [0.25, 0.3) is 11.8 Å². The lowest BCUT2D eigenvalue weighted by molar-refractivity contribution is -0.123. The Hall–Kier alpha value is -3.77. The van der Waals surface area contributed by atoms with Gasteiger partial charge in [0.15, 0.2) is 5.13 Å². The zero-order valence-corrected chi connectivity index (χ0v) is 20.7. The third kappa shape index (κ3) is 5.24. The molecule has 12 heteroatoms. The molecule has 0 aliphatic heterocycles. The van der Waals surface area contributed by atoms with Gasteiger partial charge in [-0.3, -0.25) is 25.0 Å². The molecule has 2 aliphatic rings. The molecular formula is C24H21FN6O3S2. The largest absolute Gasteiger partial charge is 0.353 e. The molecule has 184 valence electrons. The summed E-state index contributed by atoms with van der Waals surface area (Å²) in [7, 11) is 0. The fraction of sp³-hybridized carbons (Fsp3) is 0.250. The van der Waals surface area contributed by atoms with Gasteiger partial charge < -0.3 is 5.32 Å². The van der Waals surface area contributed by atoms with Crippen molar-refractivity contribution in [2.24, 2.45) is 5.92 Å². The van der Waals surface area contributed by atoms with Crippen molar-refractivity contribution >= 4 is 56.4 Å². The average molecular weight is 525 g/mol. The molecule has 0 radical (unpaired) electrons. The summed E-state index contributed by atoms with van der Waals surface area (Å²) in [6, 6.07) is 4.73. The fourth-order valence-corrected chi connectivity index (χ4v) is 4.78. The van der Waals surface area contributed by atoms with E-state index in [9.17, 15) is 14.4 Å². The molecule has 0 saturated heterocycles. The molecule has 3 aromatic rings. The lowest BCUT2D eigenvalue weighted by Crippen LogP contribution is -2.32. The molecule has 2 aromatic heterocycles. The number of anilines is 2. The Labute approximate surface area is 213 Å². The zero-order chi connectivity index (χ0) is 25.2. The van der Waals surface area contributed by atoms with Crippen LogP contribution >= 0.6 is 22.9 Å². The minimum atomic E-state index is -0.695. The van der Waals surface area contributed by atoms with Crippen LogP contribution in [-0.2, 0) is 4.79 Å². The molecule has 3 amide bonds. The summed E-state index contributed by atoms with van der Waals surface area (Å²) >= 11 is 2.27. The van der Waals surface area contributed by atoms with Crippen LogP contribution in [0.25, 0.3) is 5.57 Å². The number of allylic oxidation sites excluding steroid dienone is 3. The number of rotatable bonds is 7. The van der Waals surface area contributed by atoms with E-state index in [1.54, 1.807) is 36.7 Å². The number of carbonyl (C=O) groups excluding carboxylic acids is 3. The quantitative estimate of drug-likeness (QED) is 0.420. The second-order valence-electron chi connectivity index (χ2n) is 8.46. The summed E-state index contributed by atoms with van der Waals surface area (Å²) < 4.78 is 18.9. The molecule has 0 spiro atoms. The van der Waals surface area contributed by atoms with Crippen molar-refractivity contribution in [2.45, 2.75) is 32.2 Å². The maximum absolute atomic E-state index is 15.0.